The van der Waals surface area contributed by atoms with E-state index in [0.29, 0.717) is 11.2 Å². The lowest BCUT2D eigenvalue weighted by Crippen LogP contribution is -2.48. The highest BCUT2D eigenvalue weighted by molar-refractivity contribution is 7.89. The molecular formula is C23H23FN4O5S. The molecule has 0 unspecified atom stereocenters. The van der Waals surface area contributed by atoms with Gasteiger partial charge in [-0.05, 0) is 49.2 Å². The summed E-state index contributed by atoms with van der Waals surface area (Å²) in [6, 6.07) is 8.72. The molecule has 0 bridgehead atoms. The fourth-order valence-corrected chi connectivity index (χ4v) is 5.79. The molecule has 1 aliphatic heterocycles. The molecule has 1 saturated heterocycles. The first kappa shape index (κ1) is 22.4. The normalized spacial score (nSPS) is 17.3. The van der Waals surface area contributed by atoms with Gasteiger partial charge in [0, 0.05) is 49.5 Å². The minimum Gasteiger partial charge on any atom is -0.477 e. The zero-order valence-corrected chi connectivity index (χ0v) is 19.0. The van der Waals surface area contributed by atoms with Gasteiger partial charge in [-0.1, -0.05) is 0 Å². The molecule has 1 aliphatic carbocycles. The number of piperazine rings is 1. The number of nitrogen functional groups attached to an aromatic ring is 1. The SMILES string of the molecule is Nc1ccc(S(=O)(=O)N2CCN(c3cc4c(cc3F)c(=O)c(C(=O)O)cn4C3CC3)CC2)cc1. The van der Waals surface area contributed by atoms with Crippen molar-refractivity contribution in [3.8, 4) is 0 Å². The molecule has 3 aromatic rings. The van der Waals surface area contributed by atoms with Gasteiger partial charge >= 0.3 is 5.97 Å². The van der Waals surface area contributed by atoms with Crippen molar-refractivity contribution in [3.63, 3.8) is 0 Å². The minimum atomic E-state index is -3.70. The third kappa shape index (κ3) is 3.80. The summed E-state index contributed by atoms with van der Waals surface area (Å²) in [5, 5.41) is 9.42. The van der Waals surface area contributed by atoms with Gasteiger partial charge in [0.05, 0.1) is 16.1 Å². The second-order valence-electron chi connectivity index (χ2n) is 8.60. The molecule has 11 heteroatoms. The highest BCUT2D eigenvalue weighted by atomic mass is 32.2. The van der Waals surface area contributed by atoms with Crippen LogP contribution in [-0.4, -0.2) is 54.5 Å². The van der Waals surface area contributed by atoms with E-state index in [4.69, 9.17) is 5.73 Å². The average Bonchev–Trinajstić information content (AvgIpc) is 3.65. The number of halogens is 1. The van der Waals surface area contributed by atoms with E-state index in [1.807, 2.05) is 0 Å². The van der Waals surface area contributed by atoms with Gasteiger partial charge in [-0.15, -0.1) is 0 Å². The Balaban J connectivity index is 1.45. The number of pyridine rings is 1. The molecule has 2 aromatic carbocycles. The number of sulfonamides is 1. The summed E-state index contributed by atoms with van der Waals surface area (Å²) in [6.07, 6.45) is 3.04. The van der Waals surface area contributed by atoms with Crippen LogP contribution in [0, 0.1) is 5.82 Å². The maximum Gasteiger partial charge on any atom is 0.341 e. The van der Waals surface area contributed by atoms with E-state index in [1.54, 1.807) is 15.5 Å². The number of hydrogen-bond acceptors (Lipinski definition) is 6. The van der Waals surface area contributed by atoms with Crippen LogP contribution in [0.3, 0.4) is 0 Å². The number of aromatic carboxylic acids is 1. The van der Waals surface area contributed by atoms with Crippen molar-refractivity contribution in [2.24, 2.45) is 0 Å². The molecule has 0 spiro atoms. The van der Waals surface area contributed by atoms with Crippen molar-refractivity contribution in [1.29, 1.82) is 0 Å². The van der Waals surface area contributed by atoms with E-state index >= 15 is 4.39 Å². The van der Waals surface area contributed by atoms with Crippen molar-refractivity contribution in [2.75, 3.05) is 36.8 Å². The van der Waals surface area contributed by atoms with Crippen LogP contribution in [0.25, 0.3) is 10.9 Å². The molecular weight excluding hydrogens is 463 g/mol. The standard InChI is InChI=1S/C23H23FN4O5S/c24-19-11-17-20(28(15-3-4-15)13-18(22(17)29)23(30)31)12-21(19)26-7-9-27(10-8-26)34(32,33)16-5-1-14(25)2-6-16/h1-2,5-6,11-13,15H,3-4,7-10,25H2,(H,30,31). The Morgan fingerprint density at radius 3 is 2.29 bits per heavy atom. The molecule has 2 fully saturated rings. The Hall–Kier alpha value is -3.44. The zero-order valence-electron chi connectivity index (χ0n) is 18.1. The second-order valence-corrected chi connectivity index (χ2v) is 10.5. The van der Waals surface area contributed by atoms with E-state index in [2.05, 4.69) is 0 Å². The Bertz CT molecular complexity index is 1460. The van der Waals surface area contributed by atoms with Gasteiger partial charge in [0.15, 0.2) is 0 Å². The molecule has 2 aliphatic rings. The maximum atomic E-state index is 15.1. The van der Waals surface area contributed by atoms with Gasteiger partial charge in [-0.3, -0.25) is 4.79 Å². The summed E-state index contributed by atoms with van der Waals surface area (Å²) in [4.78, 5) is 26.1. The molecule has 9 nitrogen and oxygen atoms in total. The van der Waals surface area contributed by atoms with Gasteiger partial charge < -0.3 is 20.3 Å². The molecule has 178 valence electrons. The van der Waals surface area contributed by atoms with Gasteiger partial charge in [0.1, 0.15) is 11.4 Å². The molecule has 1 aromatic heterocycles. The van der Waals surface area contributed by atoms with Gasteiger partial charge in [0.2, 0.25) is 15.5 Å². The number of hydrogen-bond donors (Lipinski definition) is 2. The Labute approximate surface area is 194 Å². The number of nitrogens with two attached hydrogens (primary N) is 1. The Morgan fingerprint density at radius 1 is 1.06 bits per heavy atom. The Kier molecular flexibility index (Phi) is 5.33. The zero-order chi connectivity index (χ0) is 24.2. The highest BCUT2D eigenvalue weighted by Gasteiger charge is 2.31. The van der Waals surface area contributed by atoms with Crippen LogP contribution in [0.2, 0.25) is 0 Å². The number of fused-ring (bicyclic) bond motifs is 1. The second kappa shape index (κ2) is 8.10. The van der Waals surface area contributed by atoms with Crippen molar-refractivity contribution in [3.05, 3.63) is 64.2 Å². The quantitative estimate of drug-likeness (QED) is 0.530. The van der Waals surface area contributed by atoms with E-state index in [1.165, 1.54) is 34.8 Å². The van der Waals surface area contributed by atoms with E-state index in [0.717, 1.165) is 18.9 Å². The lowest BCUT2D eigenvalue weighted by Gasteiger charge is -2.35. The summed E-state index contributed by atoms with van der Waals surface area (Å²) in [5.41, 5.74) is 5.75. The van der Waals surface area contributed by atoms with Gasteiger partial charge in [0.25, 0.3) is 0 Å². The fourth-order valence-electron chi connectivity index (χ4n) is 4.37. The van der Waals surface area contributed by atoms with Crippen LogP contribution in [0.5, 0.6) is 0 Å². The first-order valence-electron chi connectivity index (χ1n) is 10.9. The smallest absolute Gasteiger partial charge is 0.341 e. The summed E-state index contributed by atoms with van der Waals surface area (Å²) in [5.74, 6) is -1.99. The number of carboxylic acids is 1. The van der Waals surface area contributed by atoms with Gasteiger partial charge in [-0.25, -0.2) is 17.6 Å². The number of carbonyl (C=O) groups is 1. The monoisotopic (exact) mass is 486 g/mol. The van der Waals surface area contributed by atoms with Crippen LogP contribution in [0.4, 0.5) is 15.8 Å². The van der Waals surface area contributed by atoms with Gasteiger partial charge in [-0.2, -0.15) is 4.31 Å². The third-order valence-electron chi connectivity index (χ3n) is 6.37. The molecule has 1 saturated carbocycles. The number of benzene rings is 2. The highest BCUT2D eigenvalue weighted by Crippen LogP contribution is 2.38. The first-order chi connectivity index (χ1) is 16.2. The predicted octanol–water partition coefficient (Wildman–Crippen LogP) is 2.27. The van der Waals surface area contributed by atoms with Crippen molar-refractivity contribution in [1.82, 2.24) is 8.87 Å². The largest absolute Gasteiger partial charge is 0.477 e. The minimum absolute atomic E-state index is 0.0256. The van der Waals surface area contributed by atoms with Crippen LogP contribution >= 0.6 is 0 Å². The van der Waals surface area contributed by atoms with Crippen molar-refractivity contribution in [2.45, 2.75) is 23.8 Å². The van der Waals surface area contributed by atoms with E-state index < -0.39 is 27.2 Å². The molecule has 5 rings (SSSR count). The van der Waals surface area contributed by atoms with Crippen LogP contribution in [0.15, 0.2) is 52.3 Å². The first-order valence-corrected chi connectivity index (χ1v) is 12.3. The summed E-state index contributed by atoms with van der Waals surface area (Å²) in [7, 11) is -3.70. The van der Waals surface area contributed by atoms with E-state index in [-0.39, 0.29) is 53.8 Å². The average molecular weight is 487 g/mol. The number of nitrogens with zero attached hydrogens (tertiary/aromatic N) is 3. The predicted molar refractivity (Wildman–Crippen MR) is 125 cm³/mol. The topological polar surface area (TPSA) is 126 Å². The lowest BCUT2D eigenvalue weighted by molar-refractivity contribution is 0.0695. The molecule has 0 atom stereocenters. The van der Waals surface area contributed by atoms with Crippen LogP contribution in [-0.2, 0) is 10.0 Å². The molecule has 3 N–H and O–H groups in total. The van der Waals surface area contributed by atoms with Crippen LogP contribution in [0.1, 0.15) is 29.2 Å². The van der Waals surface area contributed by atoms with Crippen molar-refractivity contribution < 1.29 is 22.7 Å². The summed E-state index contributed by atoms with van der Waals surface area (Å²) < 4.78 is 44.1. The molecule has 0 amide bonds. The summed E-state index contributed by atoms with van der Waals surface area (Å²) >= 11 is 0. The number of aromatic nitrogens is 1. The Morgan fingerprint density at radius 2 is 1.71 bits per heavy atom. The number of rotatable bonds is 5. The lowest BCUT2D eigenvalue weighted by atomic mass is 10.1. The molecule has 2 heterocycles. The van der Waals surface area contributed by atoms with Crippen LogP contribution < -0.4 is 16.1 Å². The van der Waals surface area contributed by atoms with Crippen molar-refractivity contribution >= 4 is 38.3 Å². The number of anilines is 2. The molecule has 34 heavy (non-hydrogen) atoms. The fraction of sp³-hybridized carbons (Fsp3) is 0.304. The van der Waals surface area contributed by atoms with E-state index in [9.17, 15) is 23.1 Å². The maximum absolute atomic E-state index is 15.1. The molecule has 0 radical (unpaired) electrons. The summed E-state index contributed by atoms with van der Waals surface area (Å²) in [6.45, 7) is 0.851. The number of carboxylic acid groups (broad SMARTS) is 1. The third-order valence-corrected chi connectivity index (χ3v) is 8.28.